The number of nitrogens with zero attached hydrogens (tertiary/aromatic N) is 2. The predicted molar refractivity (Wildman–Crippen MR) is 93.7 cm³/mol. The summed E-state index contributed by atoms with van der Waals surface area (Å²) in [4.78, 5) is 12.5. The molecule has 0 bridgehead atoms. The van der Waals surface area contributed by atoms with Gasteiger partial charge in [-0.1, -0.05) is 30.3 Å². The monoisotopic (exact) mass is 338 g/mol. The predicted octanol–water partition coefficient (Wildman–Crippen LogP) is 2.83. The molecule has 1 heterocycles. The minimum absolute atomic E-state index is 0.114. The Morgan fingerprint density at radius 3 is 2.52 bits per heavy atom. The van der Waals surface area contributed by atoms with Gasteiger partial charge in [-0.3, -0.25) is 4.79 Å². The molecule has 0 unspecified atom stereocenters. The molecule has 0 aliphatic rings. The molecule has 3 rings (SSSR count). The van der Waals surface area contributed by atoms with Crippen LogP contribution >= 0.6 is 0 Å². The summed E-state index contributed by atoms with van der Waals surface area (Å²) in [5, 5.41) is 4.15. The van der Waals surface area contributed by atoms with Crippen LogP contribution in [0.2, 0.25) is 0 Å². The smallest absolute Gasteiger partial charge is 0.317 e. The lowest BCUT2D eigenvalue weighted by Gasteiger charge is -2.11. The quantitative estimate of drug-likeness (QED) is 0.691. The van der Waals surface area contributed by atoms with Gasteiger partial charge in [0.2, 0.25) is 5.75 Å². The zero-order chi connectivity index (χ0) is 17.6. The average Bonchev–Trinajstić information content (AvgIpc) is 2.67. The number of methoxy groups -OCH3 is 2. The molecule has 0 saturated heterocycles. The van der Waals surface area contributed by atoms with E-state index in [4.69, 9.17) is 14.2 Å². The summed E-state index contributed by atoms with van der Waals surface area (Å²) in [5.74, 6) is 1.20. The van der Waals surface area contributed by atoms with E-state index in [1.807, 2.05) is 48.5 Å². The Bertz CT molecular complexity index is 907. The van der Waals surface area contributed by atoms with Crippen LogP contribution in [0.3, 0.4) is 0 Å². The van der Waals surface area contributed by atoms with Crippen molar-refractivity contribution in [3.8, 4) is 22.9 Å². The Morgan fingerprint density at radius 1 is 1.00 bits per heavy atom. The Kier molecular flexibility index (Phi) is 4.99. The van der Waals surface area contributed by atoms with Gasteiger partial charge in [0.05, 0.1) is 26.1 Å². The molecule has 6 nitrogen and oxygen atoms in total. The van der Waals surface area contributed by atoms with Crippen LogP contribution in [0.5, 0.6) is 17.2 Å². The molecule has 0 spiro atoms. The maximum absolute atomic E-state index is 12.5. The molecule has 0 amide bonds. The molecule has 0 N–H and O–H groups in total. The van der Waals surface area contributed by atoms with Gasteiger partial charge in [-0.2, -0.15) is 9.78 Å². The van der Waals surface area contributed by atoms with E-state index in [1.54, 1.807) is 6.07 Å². The summed E-state index contributed by atoms with van der Waals surface area (Å²) in [7, 11) is 2.89. The van der Waals surface area contributed by atoms with E-state index < -0.39 is 0 Å². The molecule has 0 radical (unpaired) electrons. The molecule has 0 aliphatic carbocycles. The number of ether oxygens (including phenoxy) is 3. The van der Waals surface area contributed by atoms with Crippen LogP contribution in [0.4, 0.5) is 0 Å². The van der Waals surface area contributed by atoms with E-state index in [0.29, 0.717) is 18.0 Å². The van der Waals surface area contributed by atoms with Gasteiger partial charge in [0.15, 0.2) is 5.75 Å². The fourth-order valence-corrected chi connectivity index (χ4v) is 2.40. The Hall–Kier alpha value is -3.28. The van der Waals surface area contributed by atoms with Crippen LogP contribution < -0.4 is 19.8 Å². The van der Waals surface area contributed by atoms with Gasteiger partial charge in [-0.05, 0) is 29.8 Å². The first-order chi connectivity index (χ1) is 12.2. The summed E-state index contributed by atoms with van der Waals surface area (Å²) in [6, 6.07) is 17.0. The second-order valence-electron chi connectivity index (χ2n) is 5.23. The van der Waals surface area contributed by atoms with Crippen molar-refractivity contribution in [1.29, 1.82) is 0 Å². The van der Waals surface area contributed by atoms with Crippen molar-refractivity contribution < 1.29 is 14.2 Å². The maximum Gasteiger partial charge on any atom is 0.317 e. The topological polar surface area (TPSA) is 62.6 Å². The number of aromatic nitrogens is 2. The van der Waals surface area contributed by atoms with Crippen molar-refractivity contribution in [3.63, 3.8) is 0 Å². The molecule has 6 heteroatoms. The van der Waals surface area contributed by atoms with Crippen molar-refractivity contribution in [1.82, 2.24) is 9.78 Å². The van der Waals surface area contributed by atoms with Gasteiger partial charge in [0, 0.05) is 0 Å². The number of benzene rings is 2. The molecule has 3 aromatic rings. The van der Waals surface area contributed by atoms with E-state index in [9.17, 15) is 4.79 Å². The van der Waals surface area contributed by atoms with Crippen LogP contribution in [0.1, 0.15) is 5.56 Å². The van der Waals surface area contributed by atoms with E-state index in [-0.39, 0.29) is 11.3 Å². The van der Waals surface area contributed by atoms with E-state index in [2.05, 4.69) is 5.10 Å². The first kappa shape index (κ1) is 16.6. The molecule has 2 aromatic carbocycles. The highest BCUT2D eigenvalue weighted by Crippen LogP contribution is 2.21. The van der Waals surface area contributed by atoms with Crippen LogP contribution in [-0.2, 0) is 6.61 Å². The lowest BCUT2D eigenvalue weighted by atomic mass is 10.2. The van der Waals surface area contributed by atoms with Crippen molar-refractivity contribution in [2.24, 2.45) is 0 Å². The normalized spacial score (nSPS) is 10.3. The third-order valence-corrected chi connectivity index (χ3v) is 3.63. The van der Waals surface area contributed by atoms with Crippen LogP contribution in [0, 0.1) is 0 Å². The zero-order valence-electron chi connectivity index (χ0n) is 14.0. The molecule has 25 heavy (non-hydrogen) atoms. The third-order valence-electron chi connectivity index (χ3n) is 3.63. The lowest BCUT2D eigenvalue weighted by molar-refractivity contribution is 0.306. The van der Waals surface area contributed by atoms with Gasteiger partial charge in [-0.15, -0.1) is 0 Å². The Balaban J connectivity index is 1.88. The summed E-state index contributed by atoms with van der Waals surface area (Å²) in [6.45, 7) is 0.389. The van der Waals surface area contributed by atoms with Gasteiger partial charge in [0.25, 0.3) is 0 Å². The number of para-hydroxylation sites is 1. The Labute approximate surface area is 145 Å². The number of hydrogen-bond donors (Lipinski definition) is 0. The first-order valence-corrected chi connectivity index (χ1v) is 7.70. The minimum atomic E-state index is -0.386. The summed E-state index contributed by atoms with van der Waals surface area (Å²) < 4.78 is 17.3. The highest BCUT2D eigenvalue weighted by Gasteiger charge is 2.13. The zero-order valence-corrected chi connectivity index (χ0v) is 14.0. The van der Waals surface area contributed by atoms with E-state index >= 15 is 0 Å². The van der Waals surface area contributed by atoms with Crippen molar-refractivity contribution >= 4 is 0 Å². The highest BCUT2D eigenvalue weighted by atomic mass is 16.5. The van der Waals surface area contributed by atoms with Gasteiger partial charge < -0.3 is 14.2 Å². The SMILES string of the molecule is COc1cnn(-c2cccc(COc3ccccc3)c2)c(=O)c1OC. The maximum atomic E-state index is 12.5. The molecule has 0 saturated carbocycles. The van der Waals surface area contributed by atoms with Crippen molar-refractivity contribution in [2.45, 2.75) is 6.61 Å². The Morgan fingerprint density at radius 2 is 1.80 bits per heavy atom. The number of hydrogen-bond acceptors (Lipinski definition) is 5. The lowest BCUT2D eigenvalue weighted by Crippen LogP contribution is -2.23. The van der Waals surface area contributed by atoms with Gasteiger partial charge >= 0.3 is 5.56 Å². The molecule has 0 fully saturated rings. The van der Waals surface area contributed by atoms with Crippen molar-refractivity contribution in [2.75, 3.05) is 14.2 Å². The molecule has 128 valence electrons. The molecular formula is C19H18N2O4. The van der Waals surface area contributed by atoms with Crippen LogP contribution in [0.15, 0.2) is 65.6 Å². The fraction of sp³-hybridized carbons (Fsp3) is 0.158. The van der Waals surface area contributed by atoms with Crippen LogP contribution in [0.25, 0.3) is 5.69 Å². The molecule has 0 aliphatic heterocycles. The largest absolute Gasteiger partial charge is 0.491 e. The van der Waals surface area contributed by atoms with E-state index in [0.717, 1.165) is 11.3 Å². The van der Waals surface area contributed by atoms with Gasteiger partial charge in [-0.25, -0.2) is 0 Å². The standard InChI is InChI=1S/C19H18N2O4/c1-23-17-12-20-21(19(22)18(17)24-2)15-8-6-7-14(11-15)13-25-16-9-4-3-5-10-16/h3-12H,13H2,1-2H3. The minimum Gasteiger partial charge on any atom is -0.491 e. The fourth-order valence-electron chi connectivity index (χ4n) is 2.40. The molecule has 1 aromatic heterocycles. The van der Waals surface area contributed by atoms with Crippen LogP contribution in [-0.4, -0.2) is 24.0 Å². The van der Waals surface area contributed by atoms with Crippen molar-refractivity contribution in [3.05, 3.63) is 76.7 Å². The average molecular weight is 338 g/mol. The summed E-state index contributed by atoms with van der Waals surface area (Å²) in [5.41, 5.74) is 1.16. The van der Waals surface area contributed by atoms with Gasteiger partial charge in [0.1, 0.15) is 12.4 Å². The molecule has 0 atom stereocenters. The molecular weight excluding hydrogens is 320 g/mol. The second-order valence-corrected chi connectivity index (χ2v) is 5.23. The summed E-state index contributed by atoms with van der Waals surface area (Å²) in [6.07, 6.45) is 1.45. The van der Waals surface area contributed by atoms with E-state index in [1.165, 1.54) is 25.1 Å². The first-order valence-electron chi connectivity index (χ1n) is 7.70. The summed E-state index contributed by atoms with van der Waals surface area (Å²) >= 11 is 0. The second kappa shape index (κ2) is 7.53. The third kappa shape index (κ3) is 3.63. The highest BCUT2D eigenvalue weighted by molar-refractivity contribution is 5.40. The number of rotatable bonds is 6.